The third-order valence-corrected chi connectivity index (χ3v) is 17.9. The second kappa shape index (κ2) is 23.4. The molecule has 1 atom stereocenters. The van der Waals surface area contributed by atoms with Gasteiger partial charge >= 0.3 is 0 Å². The van der Waals surface area contributed by atoms with E-state index in [1.165, 1.54) is 30.9 Å². The zero-order valence-electron chi connectivity index (χ0n) is 48.2. The van der Waals surface area contributed by atoms with Gasteiger partial charge in [0.2, 0.25) is 0 Å². The van der Waals surface area contributed by atoms with Gasteiger partial charge in [-0.15, -0.1) is 11.3 Å². The fourth-order valence-corrected chi connectivity index (χ4v) is 13.7. The predicted molar refractivity (Wildman–Crippen MR) is 366 cm³/mol. The fourth-order valence-electron chi connectivity index (χ4n) is 12.6. The summed E-state index contributed by atoms with van der Waals surface area (Å²) in [7, 11) is 0. The summed E-state index contributed by atoms with van der Waals surface area (Å²) in [5.74, 6) is 1.97. The molecule has 14 rings (SSSR count). The molecule has 0 aliphatic heterocycles. The van der Waals surface area contributed by atoms with Crippen molar-refractivity contribution in [1.29, 1.82) is 0 Å². The standard InChI is InChI=1S/C81H62N4S/c1-4-6-8-29-51-81(3,50-7-5-2)80-83-78(61-44-45-68-67-42-27-28-43-71(67)86-72(68)54-61)82-79(84-80)62-52-69(59-38-23-13-24-39-59)75(70(53-62)60-40-25-14-26-41-60)85-76-65(57-34-19-11-20-35-57)48-46-63(55-30-15-9-16-31-55)73(76)74-64(56-32-17-10-18-33-56)47-49-66(77(74)85)58-36-21-12-22-37-58/h4,6-28,30-50,52-54H,1,5,29,51H2,2-3H3/b8-6-,50-7-. The van der Waals surface area contributed by atoms with Crippen molar-refractivity contribution in [3.63, 3.8) is 0 Å². The molecule has 3 heterocycles. The van der Waals surface area contributed by atoms with Gasteiger partial charge in [-0.05, 0) is 95.0 Å². The van der Waals surface area contributed by atoms with Crippen LogP contribution in [0.4, 0.5) is 0 Å². The van der Waals surface area contributed by atoms with E-state index in [0.717, 1.165) is 120 Å². The Balaban J connectivity index is 1.16. The van der Waals surface area contributed by atoms with Crippen LogP contribution in [0.25, 0.3) is 137 Å². The van der Waals surface area contributed by atoms with Gasteiger partial charge in [-0.25, -0.2) is 15.0 Å². The van der Waals surface area contributed by atoms with E-state index in [2.05, 4.69) is 304 Å². The third-order valence-electron chi connectivity index (χ3n) is 16.8. The Labute approximate surface area is 507 Å². The molecule has 412 valence electrons. The van der Waals surface area contributed by atoms with E-state index in [-0.39, 0.29) is 0 Å². The molecule has 0 aliphatic rings. The SMILES string of the molecule is C=C/C=C\CCC(C)(/C=C\CC)c1nc(-c2cc(-c3ccccc3)c(-n3c4c(-c5ccccc5)ccc(-c5ccccc5)c4c4c(-c5ccccc5)ccc(-c5ccccc5)c43)c(-c3ccccc3)c2)nc(-c2ccc3c(c2)sc2ccccc23)n1. The highest BCUT2D eigenvalue weighted by Crippen LogP contribution is 2.52. The van der Waals surface area contributed by atoms with Crippen molar-refractivity contribution in [3.05, 3.63) is 304 Å². The van der Waals surface area contributed by atoms with Crippen molar-refractivity contribution in [2.75, 3.05) is 0 Å². The summed E-state index contributed by atoms with van der Waals surface area (Å²) < 4.78 is 5.08. The smallest absolute Gasteiger partial charge is 0.163 e. The first-order valence-corrected chi connectivity index (χ1v) is 30.6. The van der Waals surface area contributed by atoms with E-state index >= 15 is 0 Å². The van der Waals surface area contributed by atoms with Gasteiger partial charge in [0.15, 0.2) is 11.6 Å². The molecule has 1 unspecified atom stereocenters. The minimum absolute atomic E-state index is 0.544. The average molecular weight is 1120 g/mol. The summed E-state index contributed by atoms with van der Waals surface area (Å²) in [6, 6.07) is 95.0. The Kier molecular flexibility index (Phi) is 14.6. The molecule has 3 aromatic heterocycles. The number of rotatable bonds is 16. The molecule has 0 aliphatic carbocycles. The van der Waals surface area contributed by atoms with E-state index in [1.807, 2.05) is 12.2 Å². The number of benzene rings is 11. The number of nitrogens with zero attached hydrogens (tertiary/aromatic N) is 4. The Morgan fingerprint density at radius 2 is 0.849 bits per heavy atom. The van der Waals surface area contributed by atoms with Crippen LogP contribution in [-0.2, 0) is 5.41 Å². The maximum atomic E-state index is 5.69. The van der Waals surface area contributed by atoms with Crippen molar-refractivity contribution in [3.8, 4) is 95.2 Å². The van der Waals surface area contributed by atoms with Crippen LogP contribution in [0.3, 0.4) is 0 Å². The molecule has 0 radical (unpaired) electrons. The van der Waals surface area contributed by atoms with Crippen LogP contribution in [0.1, 0.15) is 38.9 Å². The topological polar surface area (TPSA) is 43.6 Å². The molecule has 11 aromatic carbocycles. The molecular weight excluding hydrogens is 1060 g/mol. The first kappa shape index (κ1) is 53.7. The number of hydrogen-bond acceptors (Lipinski definition) is 4. The molecule has 14 aromatic rings. The minimum Gasteiger partial charge on any atom is -0.307 e. The summed E-state index contributed by atoms with van der Waals surface area (Å²) in [4.78, 5) is 16.8. The maximum Gasteiger partial charge on any atom is 0.163 e. The molecule has 0 saturated heterocycles. The van der Waals surface area contributed by atoms with Crippen molar-refractivity contribution in [2.45, 2.75) is 38.5 Å². The van der Waals surface area contributed by atoms with E-state index < -0.39 is 5.41 Å². The Hall–Kier alpha value is -10.3. The lowest BCUT2D eigenvalue weighted by atomic mass is 9.83. The maximum absolute atomic E-state index is 5.69. The molecule has 5 heteroatoms. The summed E-state index contributed by atoms with van der Waals surface area (Å²) in [5, 5.41) is 4.84. The molecule has 0 N–H and O–H groups in total. The third kappa shape index (κ3) is 9.96. The molecule has 0 fully saturated rings. The zero-order chi connectivity index (χ0) is 58.0. The van der Waals surface area contributed by atoms with Gasteiger partial charge in [-0.2, -0.15) is 0 Å². The summed E-state index contributed by atoms with van der Waals surface area (Å²) >= 11 is 1.81. The van der Waals surface area contributed by atoms with Crippen LogP contribution < -0.4 is 0 Å². The summed E-state index contributed by atoms with van der Waals surface area (Å²) in [6.07, 6.45) is 13.1. The van der Waals surface area contributed by atoms with Gasteiger partial charge in [-0.3, -0.25) is 0 Å². The second-order valence-electron chi connectivity index (χ2n) is 22.3. The lowest BCUT2D eigenvalue weighted by molar-refractivity contribution is 0.509. The first-order valence-electron chi connectivity index (χ1n) is 29.8. The molecule has 0 bridgehead atoms. The molecule has 0 spiro atoms. The fraction of sp³-hybridized carbons (Fsp3) is 0.0741. The lowest BCUT2D eigenvalue weighted by Gasteiger charge is -2.26. The van der Waals surface area contributed by atoms with Crippen LogP contribution in [0.15, 0.2) is 298 Å². The first-order chi connectivity index (χ1) is 42.5. The van der Waals surface area contributed by atoms with Gasteiger partial charge < -0.3 is 4.57 Å². The highest BCUT2D eigenvalue weighted by Gasteiger charge is 2.32. The van der Waals surface area contributed by atoms with E-state index in [4.69, 9.17) is 15.0 Å². The highest BCUT2D eigenvalue weighted by atomic mass is 32.1. The van der Waals surface area contributed by atoms with Crippen molar-refractivity contribution < 1.29 is 0 Å². The van der Waals surface area contributed by atoms with E-state index in [9.17, 15) is 0 Å². The largest absolute Gasteiger partial charge is 0.307 e. The lowest BCUT2D eigenvalue weighted by Crippen LogP contribution is -2.23. The highest BCUT2D eigenvalue weighted by molar-refractivity contribution is 7.25. The minimum atomic E-state index is -0.544. The van der Waals surface area contributed by atoms with Gasteiger partial charge in [0.25, 0.3) is 0 Å². The molecular formula is C81H62N4S. The number of hydrogen-bond donors (Lipinski definition) is 0. The molecule has 0 saturated carbocycles. The Morgan fingerprint density at radius 3 is 1.34 bits per heavy atom. The Morgan fingerprint density at radius 1 is 0.419 bits per heavy atom. The van der Waals surface area contributed by atoms with Crippen LogP contribution in [0.2, 0.25) is 0 Å². The van der Waals surface area contributed by atoms with E-state index in [0.29, 0.717) is 11.6 Å². The summed E-state index contributed by atoms with van der Waals surface area (Å²) in [5.41, 5.74) is 17.9. The molecule has 4 nitrogen and oxygen atoms in total. The number of aromatic nitrogens is 4. The van der Waals surface area contributed by atoms with Crippen LogP contribution in [0.5, 0.6) is 0 Å². The van der Waals surface area contributed by atoms with Gasteiger partial charge in [-0.1, -0.05) is 280 Å². The Bertz CT molecular complexity index is 4650. The van der Waals surface area contributed by atoms with Crippen LogP contribution >= 0.6 is 11.3 Å². The van der Waals surface area contributed by atoms with Crippen molar-refractivity contribution in [1.82, 2.24) is 19.5 Å². The predicted octanol–water partition coefficient (Wildman–Crippen LogP) is 22.4. The van der Waals surface area contributed by atoms with E-state index in [1.54, 1.807) is 11.3 Å². The quantitative estimate of drug-likeness (QED) is 0.0715. The van der Waals surface area contributed by atoms with Crippen LogP contribution in [-0.4, -0.2) is 19.5 Å². The van der Waals surface area contributed by atoms with Gasteiger partial charge in [0.05, 0.1) is 16.7 Å². The second-order valence-corrected chi connectivity index (χ2v) is 23.3. The normalized spacial score (nSPS) is 12.5. The van der Waals surface area contributed by atoms with Crippen LogP contribution in [0, 0.1) is 0 Å². The molecule has 86 heavy (non-hydrogen) atoms. The number of allylic oxidation sites excluding steroid dienone is 5. The number of thiophene rings is 1. The molecule has 0 amide bonds. The zero-order valence-corrected chi connectivity index (χ0v) is 49.1. The van der Waals surface area contributed by atoms with Crippen molar-refractivity contribution in [2.24, 2.45) is 0 Å². The van der Waals surface area contributed by atoms with Gasteiger partial charge in [0.1, 0.15) is 5.82 Å². The van der Waals surface area contributed by atoms with Gasteiger partial charge in [0, 0.05) is 69.7 Å². The average Bonchev–Trinajstić information content (AvgIpc) is 1.63. The van der Waals surface area contributed by atoms with Crippen molar-refractivity contribution >= 4 is 53.3 Å². The monoisotopic (exact) mass is 1120 g/mol. The summed E-state index contributed by atoms with van der Waals surface area (Å²) in [6.45, 7) is 8.43. The number of fused-ring (bicyclic) bond motifs is 6.